The van der Waals surface area contributed by atoms with Crippen LogP contribution in [0.2, 0.25) is 0 Å². The highest BCUT2D eigenvalue weighted by atomic mass is 16.5. The van der Waals surface area contributed by atoms with Gasteiger partial charge in [0.05, 0.1) is 13.5 Å². The Kier molecular flexibility index (Phi) is 4.55. The van der Waals surface area contributed by atoms with Crippen LogP contribution < -0.4 is 4.74 Å². The molecule has 1 amide bonds. The quantitative estimate of drug-likeness (QED) is 0.926. The van der Waals surface area contributed by atoms with Crippen LogP contribution in [0.3, 0.4) is 0 Å². The minimum absolute atomic E-state index is 0.0833. The molecule has 1 saturated carbocycles. The first-order valence-corrected chi connectivity index (χ1v) is 8.27. The van der Waals surface area contributed by atoms with Gasteiger partial charge in [-0.25, -0.2) is 4.79 Å². The first kappa shape index (κ1) is 15.8. The van der Waals surface area contributed by atoms with Gasteiger partial charge >= 0.3 is 5.97 Å². The number of ether oxygens (including phenoxy) is 1. The number of methoxy groups -OCH3 is 1. The number of carboxylic acid groups (broad SMARTS) is 1. The summed E-state index contributed by atoms with van der Waals surface area (Å²) in [7, 11) is 1.59. The van der Waals surface area contributed by atoms with Crippen molar-refractivity contribution in [2.75, 3.05) is 7.11 Å². The number of rotatable bonds is 4. The van der Waals surface area contributed by atoms with Crippen LogP contribution in [0.5, 0.6) is 5.75 Å². The molecule has 1 saturated heterocycles. The summed E-state index contributed by atoms with van der Waals surface area (Å²) in [5.74, 6) is 0.0969. The second-order valence-electron chi connectivity index (χ2n) is 6.53. The highest BCUT2D eigenvalue weighted by Crippen LogP contribution is 2.40. The van der Waals surface area contributed by atoms with Crippen molar-refractivity contribution in [1.82, 2.24) is 4.90 Å². The van der Waals surface area contributed by atoms with Crippen LogP contribution in [-0.2, 0) is 16.0 Å². The maximum atomic E-state index is 12.8. The molecule has 1 aromatic rings. The lowest BCUT2D eigenvalue weighted by Crippen LogP contribution is -2.46. The number of carbonyl (C=O) groups excluding carboxylic acids is 1. The Bertz CT molecular complexity index is 600. The van der Waals surface area contributed by atoms with E-state index in [-0.39, 0.29) is 18.4 Å². The molecule has 5 nitrogen and oxygen atoms in total. The van der Waals surface area contributed by atoms with Crippen LogP contribution in [0.15, 0.2) is 24.3 Å². The SMILES string of the molecule is COc1cccc(CC(=O)N2C(C(=O)O)CC3CCCCC32)c1. The molecule has 23 heavy (non-hydrogen) atoms. The molecule has 2 fully saturated rings. The van der Waals surface area contributed by atoms with Crippen LogP contribution in [0.4, 0.5) is 0 Å². The van der Waals surface area contributed by atoms with E-state index in [1.54, 1.807) is 12.0 Å². The third kappa shape index (κ3) is 3.19. The lowest BCUT2D eigenvalue weighted by Gasteiger charge is -2.33. The van der Waals surface area contributed by atoms with Crippen molar-refractivity contribution in [1.29, 1.82) is 0 Å². The number of likely N-dealkylation sites (tertiary alicyclic amines) is 1. The zero-order valence-electron chi connectivity index (χ0n) is 13.4. The number of amides is 1. The summed E-state index contributed by atoms with van der Waals surface area (Å²) in [5, 5.41) is 9.51. The lowest BCUT2D eigenvalue weighted by molar-refractivity contribution is -0.149. The van der Waals surface area contributed by atoms with E-state index in [4.69, 9.17) is 4.74 Å². The van der Waals surface area contributed by atoms with E-state index in [1.165, 1.54) is 0 Å². The monoisotopic (exact) mass is 317 g/mol. The molecule has 0 bridgehead atoms. The lowest BCUT2D eigenvalue weighted by atomic mass is 9.84. The molecule has 3 unspecified atom stereocenters. The van der Waals surface area contributed by atoms with E-state index in [9.17, 15) is 14.7 Å². The molecule has 2 aliphatic rings. The Balaban J connectivity index is 1.79. The second kappa shape index (κ2) is 6.60. The molecule has 124 valence electrons. The van der Waals surface area contributed by atoms with Crippen LogP contribution in [0, 0.1) is 5.92 Å². The van der Waals surface area contributed by atoms with Gasteiger partial charge in [0, 0.05) is 6.04 Å². The fourth-order valence-corrected chi connectivity index (χ4v) is 4.09. The third-order valence-electron chi connectivity index (χ3n) is 5.15. The predicted octanol–water partition coefficient (Wildman–Crippen LogP) is 2.48. The summed E-state index contributed by atoms with van der Waals surface area (Å²) in [6, 6.07) is 6.83. The third-order valence-corrected chi connectivity index (χ3v) is 5.15. The van der Waals surface area contributed by atoms with Gasteiger partial charge in [0.15, 0.2) is 0 Å². The molecule has 1 N–H and O–H groups in total. The second-order valence-corrected chi connectivity index (χ2v) is 6.53. The molecular formula is C18H23NO4. The Labute approximate surface area is 136 Å². The largest absolute Gasteiger partial charge is 0.497 e. The molecule has 3 atom stereocenters. The van der Waals surface area contributed by atoms with Crippen LogP contribution in [0.25, 0.3) is 0 Å². The summed E-state index contributed by atoms with van der Waals surface area (Å²) < 4.78 is 5.19. The molecule has 0 aromatic heterocycles. The van der Waals surface area contributed by atoms with E-state index in [1.807, 2.05) is 24.3 Å². The van der Waals surface area contributed by atoms with Crippen molar-refractivity contribution in [2.45, 2.75) is 50.6 Å². The molecule has 1 aromatic carbocycles. The number of aliphatic carboxylic acids is 1. The van der Waals surface area contributed by atoms with Crippen LogP contribution >= 0.6 is 0 Å². The predicted molar refractivity (Wildman–Crippen MR) is 85.3 cm³/mol. The van der Waals surface area contributed by atoms with Gasteiger partial charge in [-0.15, -0.1) is 0 Å². The number of fused-ring (bicyclic) bond motifs is 1. The molecular weight excluding hydrogens is 294 g/mol. The van der Waals surface area contributed by atoms with Crippen molar-refractivity contribution < 1.29 is 19.4 Å². The fraction of sp³-hybridized carbons (Fsp3) is 0.556. The molecule has 3 rings (SSSR count). The smallest absolute Gasteiger partial charge is 0.326 e. The highest BCUT2D eigenvalue weighted by Gasteiger charge is 2.47. The fourth-order valence-electron chi connectivity index (χ4n) is 4.09. The number of nitrogens with zero attached hydrogens (tertiary/aromatic N) is 1. The topological polar surface area (TPSA) is 66.8 Å². The van der Waals surface area contributed by atoms with Gasteiger partial charge in [-0.3, -0.25) is 4.79 Å². The average molecular weight is 317 g/mol. The van der Waals surface area contributed by atoms with E-state index < -0.39 is 12.0 Å². The molecule has 1 heterocycles. The zero-order valence-corrected chi connectivity index (χ0v) is 13.4. The zero-order chi connectivity index (χ0) is 16.4. The van der Waals surface area contributed by atoms with Gasteiger partial charge in [0.1, 0.15) is 11.8 Å². The molecule has 0 radical (unpaired) electrons. The van der Waals surface area contributed by atoms with Gasteiger partial charge in [-0.05, 0) is 42.9 Å². The van der Waals surface area contributed by atoms with Gasteiger partial charge in [-0.1, -0.05) is 25.0 Å². The maximum Gasteiger partial charge on any atom is 0.326 e. The molecule has 0 spiro atoms. The summed E-state index contributed by atoms with van der Waals surface area (Å²) in [4.78, 5) is 26.1. The summed E-state index contributed by atoms with van der Waals surface area (Å²) in [6.45, 7) is 0. The van der Waals surface area contributed by atoms with Crippen molar-refractivity contribution in [3.05, 3.63) is 29.8 Å². The Morgan fingerprint density at radius 2 is 2.09 bits per heavy atom. The standard InChI is InChI=1S/C18H23NO4/c1-23-14-7-4-5-12(9-14)10-17(20)19-15-8-3-2-6-13(15)11-16(19)18(21)22/h4-5,7,9,13,15-16H,2-3,6,8,10-11H2,1H3,(H,21,22). The Morgan fingerprint density at radius 1 is 1.30 bits per heavy atom. The van der Waals surface area contributed by atoms with Gasteiger partial charge < -0.3 is 14.7 Å². The Morgan fingerprint density at radius 3 is 2.83 bits per heavy atom. The normalized spacial score (nSPS) is 26.7. The molecule has 5 heteroatoms. The number of hydrogen-bond donors (Lipinski definition) is 1. The molecule has 1 aliphatic heterocycles. The van der Waals surface area contributed by atoms with Crippen LogP contribution in [0.1, 0.15) is 37.7 Å². The first-order chi connectivity index (χ1) is 11.1. The first-order valence-electron chi connectivity index (χ1n) is 8.27. The van der Waals surface area contributed by atoms with Gasteiger partial charge in [0.25, 0.3) is 0 Å². The van der Waals surface area contributed by atoms with Crippen molar-refractivity contribution in [3.63, 3.8) is 0 Å². The summed E-state index contributed by atoms with van der Waals surface area (Å²) >= 11 is 0. The van der Waals surface area contributed by atoms with Crippen molar-refractivity contribution >= 4 is 11.9 Å². The van der Waals surface area contributed by atoms with Crippen LogP contribution in [-0.4, -0.2) is 41.1 Å². The summed E-state index contributed by atoms with van der Waals surface area (Å²) in [6.07, 6.45) is 5.02. The van der Waals surface area contributed by atoms with E-state index in [0.717, 1.165) is 31.2 Å². The van der Waals surface area contributed by atoms with Gasteiger partial charge in [-0.2, -0.15) is 0 Å². The average Bonchev–Trinajstić information content (AvgIpc) is 2.95. The Hall–Kier alpha value is -2.04. The minimum Gasteiger partial charge on any atom is -0.497 e. The van der Waals surface area contributed by atoms with Crippen molar-refractivity contribution in [3.8, 4) is 5.75 Å². The van der Waals surface area contributed by atoms with E-state index in [0.29, 0.717) is 18.1 Å². The van der Waals surface area contributed by atoms with Crippen molar-refractivity contribution in [2.24, 2.45) is 5.92 Å². The number of hydrogen-bond acceptors (Lipinski definition) is 3. The number of benzene rings is 1. The van der Waals surface area contributed by atoms with Gasteiger partial charge in [0.2, 0.25) is 5.91 Å². The summed E-state index contributed by atoms with van der Waals surface area (Å²) in [5.41, 5.74) is 0.859. The number of carbonyl (C=O) groups is 2. The van der Waals surface area contributed by atoms with E-state index in [2.05, 4.69) is 0 Å². The minimum atomic E-state index is -0.876. The highest BCUT2D eigenvalue weighted by molar-refractivity contribution is 5.86. The molecule has 1 aliphatic carbocycles. The van der Waals surface area contributed by atoms with E-state index >= 15 is 0 Å². The maximum absolute atomic E-state index is 12.8. The number of carboxylic acids is 1.